The van der Waals surface area contributed by atoms with Gasteiger partial charge >= 0.3 is 6.18 Å². The molecule has 1 atom stereocenters. The van der Waals surface area contributed by atoms with E-state index in [9.17, 15) is 31.2 Å². The van der Waals surface area contributed by atoms with Crippen molar-refractivity contribution < 1.29 is 31.2 Å². The van der Waals surface area contributed by atoms with Crippen LogP contribution >= 0.6 is 0 Å². The molecule has 0 aromatic heterocycles. The van der Waals surface area contributed by atoms with Crippen molar-refractivity contribution in [3.05, 3.63) is 65.2 Å². The zero-order chi connectivity index (χ0) is 23.4. The van der Waals surface area contributed by atoms with E-state index < -0.39 is 40.0 Å². The van der Waals surface area contributed by atoms with Gasteiger partial charge in [-0.2, -0.15) is 13.2 Å². The maximum absolute atomic E-state index is 13.0. The van der Waals surface area contributed by atoms with Crippen LogP contribution in [0.25, 0.3) is 0 Å². The van der Waals surface area contributed by atoms with Crippen LogP contribution in [0.1, 0.15) is 54.1 Å². The number of nitrogens with one attached hydrogen (secondary N) is 1. The standard InChI is InChI=1S/C22H24F3NO4S/c1-14(2)26-20(27)12-18(13-22(23,24)25)15-4-6-16(7-5-15)21(28)17-8-10-19(11-9-17)31(3,29)30/h4-11,14,18H,12-13H2,1-3H3,(H,26,27). The number of benzene rings is 2. The minimum atomic E-state index is -4.45. The Morgan fingerprint density at radius 1 is 0.935 bits per heavy atom. The number of ketones is 1. The fourth-order valence-electron chi connectivity index (χ4n) is 3.12. The van der Waals surface area contributed by atoms with Crippen molar-refractivity contribution in [2.75, 3.05) is 6.26 Å². The van der Waals surface area contributed by atoms with Crippen molar-refractivity contribution in [1.82, 2.24) is 5.32 Å². The smallest absolute Gasteiger partial charge is 0.354 e. The molecule has 0 bridgehead atoms. The minimum Gasteiger partial charge on any atom is -0.354 e. The Kier molecular flexibility index (Phi) is 7.64. The molecule has 0 spiro atoms. The normalized spacial score (nSPS) is 13.1. The lowest BCUT2D eigenvalue weighted by Gasteiger charge is -2.20. The largest absolute Gasteiger partial charge is 0.389 e. The number of sulfone groups is 1. The van der Waals surface area contributed by atoms with Gasteiger partial charge in [-0.05, 0) is 43.7 Å². The molecular weight excluding hydrogens is 431 g/mol. The second kappa shape index (κ2) is 9.64. The summed E-state index contributed by atoms with van der Waals surface area (Å²) in [7, 11) is -3.39. The van der Waals surface area contributed by atoms with Gasteiger partial charge in [0.15, 0.2) is 15.6 Å². The third-order valence-corrected chi connectivity index (χ3v) is 5.68. The van der Waals surface area contributed by atoms with Crippen molar-refractivity contribution in [2.24, 2.45) is 0 Å². The zero-order valence-corrected chi connectivity index (χ0v) is 18.2. The van der Waals surface area contributed by atoms with Gasteiger partial charge in [0.05, 0.1) is 11.3 Å². The molecule has 1 unspecified atom stereocenters. The van der Waals surface area contributed by atoms with E-state index in [0.717, 1.165) is 6.26 Å². The third kappa shape index (κ3) is 7.50. The van der Waals surface area contributed by atoms with Crippen LogP contribution in [-0.2, 0) is 14.6 Å². The number of hydrogen-bond donors (Lipinski definition) is 1. The third-order valence-electron chi connectivity index (χ3n) is 4.55. The molecule has 0 heterocycles. The Morgan fingerprint density at radius 2 is 1.42 bits per heavy atom. The SMILES string of the molecule is CC(C)NC(=O)CC(CC(F)(F)F)c1ccc(C(=O)c2ccc(S(C)(=O)=O)cc2)cc1. The van der Waals surface area contributed by atoms with E-state index in [0.29, 0.717) is 5.56 Å². The van der Waals surface area contributed by atoms with Crippen LogP contribution < -0.4 is 5.32 Å². The molecule has 31 heavy (non-hydrogen) atoms. The fourth-order valence-corrected chi connectivity index (χ4v) is 3.75. The molecule has 2 aromatic carbocycles. The van der Waals surface area contributed by atoms with Crippen LogP contribution in [0.2, 0.25) is 0 Å². The second-order valence-corrected chi connectivity index (χ2v) is 9.71. The maximum Gasteiger partial charge on any atom is 0.389 e. The average molecular weight is 455 g/mol. The van der Waals surface area contributed by atoms with Gasteiger partial charge in [-0.1, -0.05) is 24.3 Å². The summed E-state index contributed by atoms with van der Waals surface area (Å²) >= 11 is 0. The number of rotatable bonds is 8. The summed E-state index contributed by atoms with van der Waals surface area (Å²) in [4.78, 5) is 24.7. The predicted molar refractivity (Wildman–Crippen MR) is 111 cm³/mol. The van der Waals surface area contributed by atoms with E-state index in [4.69, 9.17) is 0 Å². The van der Waals surface area contributed by atoms with Crippen LogP contribution in [0, 0.1) is 0 Å². The second-order valence-electron chi connectivity index (χ2n) is 7.69. The highest BCUT2D eigenvalue weighted by Crippen LogP contribution is 2.33. The van der Waals surface area contributed by atoms with Crippen LogP contribution in [0.4, 0.5) is 13.2 Å². The summed E-state index contributed by atoms with van der Waals surface area (Å²) in [6.45, 7) is 3.44. The number of carbonyl (C=O) groups excluding carboxylic acids is 2. The van der Waals surface area contributed by atoms with E-state index >= 15 is 0 Å². The highest BCUT2D eigenvalue weighted by atomic mass is 32.2. The first-order valence-electron chi connectivity index (χ1n) is 9.57. The van der Waals surface area contributed by atoms with Gasteiger partial charge in [0, 0.05) is 35.8 Å². The molecule has 0 saturated heterocycles. The van der Waals surface area contributed by atoms with Crippen molar-refractivity contribution in [3.63, 3.8) is 0 Å². The Hall–Kier alpha value is -2.68. The van der Waals surface area contributed by atoms with E-state index in [2.05, 4.69) is 5.32 Å². The Labute approximate surface area is 179 Å². The first-order valence-corrected chi connectivity index (χ1v) is 11.5. The monoisotopic (exact) mass is 455 g/mol. The van der Waals surface area contributed by atoms with Crippen molar-refractivity contribution >= 4 is 21.5 Å². The fraction of sp³-hybridized carbons (Fsp3) is 0.364. The van der Waals surface area contributed by atoms with Gasteiger partial charge in [-0.25, -0.2) is 8.42 Å². The average Bonchev–Trinajstić information content (AvgIpc) is 2.65. The van der Waals surface area contributed by atoms with Gasteiger partial charge in [-0.3, -0.25) is 9.59 Å². The Bertz CT molecular complexity index is 1030. The van der Waals surface area contributed by atoms with Crippen molar-refractivity contribution in [1.29, 1.82) is 0 Å². The first kappa shape index (κ1) is 24.6. The molecule has 0 aliphatic rings. The number of carbonyl (C=O) groups is 2. The predicted octanol–water partition coefficient (Wildman–Crippen LogP) is 4.27. The Balaban J connectivity index is 2.23. The minimum absolute atomic E-state index is 0.0778. The lowest BCUT2D eigenvalue weighted by atomic mass is 9.90. The summed E-state index contributed by atoms with van der Waals surface area (Å²) in [6, 6.07) is 10.9. The topological polar surface area (TPSA) is 80.3 Å². The van der Waals surface area contributed by atoms with Gasteiger partial charge in [-0.15, -0.1) is 0 Å². The van der Waals surface area contributed by atoms with Gasteiger partial charge in [0.1, 0.15) is 0 Å². The maximum atomic E-state index is 13.0. The lowest BCUT2D eigenvalue weighted by molar-refractivity contribution is -0.141. The molecule has 0 radical (unpaired) electrons. The molecule has 1 N–H and O–H groups in total. The number of amides is 1. The summed E-state index contributed by atoms with van der Waals surface area (Å²) < 4.78 is 62.1. The Morgan fingerprint density at radius 3 is 1.84 bits per heavy atom. The van der Waals surface area contributed by atoms with Gasteiger partial charge in [0.25, 0.3) is 0 Å². The zero-order valence-electron chi connectivity index (χ0n) is 17.4. The summed E-state index contributed by atoms with van der Waals surface area (Å²) in [6.07, 6.45) is -4.86. The highest BCUT2D eigenvalue weighted by Gasteiger charge is 2.33. The molecular formula is C22H24F3NO4S. The number of hydrogen-bond acceptors (Lipinski definition) is 4. The number of alkyl halides is 3. The molecule has 2 aromatic rings. The van der Waals surface area contributed by atoms with E-state index in [1.165, 1.54) is 48.5 Å². The summed E-state index contributed by atoms with van der Waals surface area (Å²) in [5, 5.41) is 2.59. The molecule has 2 rings (SSSR count). The molecule has 168 valence electrons. The van der Waals surface area contributed by atoms with E-state index in [-0.39, 0.29) is 28.5 Å². The summed E-state index contributed by atoms with van der Waals surface area (Å²) in [5.41, 5.74) is 0.803. The quantitative estimate of drug-likeness (QED) is 0.603. The number of halogens is 3. The van der Waals surface area contributed by atoms with E-state index in [1.54, 1.807) is 13.8 Å². The van der Waals surface area contributed by atoms with E-state index in [1.807, 2.05) is 0 Å². The van der Waals surface area contributed by atoms with Crippen LogP contribution in [0.5, 0.6) is 0 Å². The molecule has 0 aliphatic carbocycles. The van der Waals surface area contributed by atoms with Crippen LogP contribution in [0.15, 0.2) is 53.4 Å². The molecule has 0 aliphatic heterocycles. The van der Waals surface area contributed by atoms with Crippen molar-refractivity contribution in [3.8, 4) is 0 Å². The summed E-state index contributed by atoms with van der Waals surface area (Å²) in [5.74, 6) is -1.94. The van der Waals surface area contributed by atoms with Crippen LogP contribution in [-0.4, -0.2) is 38.6 Å². The molecule has 1 amide bonds. The van der Waals surface area contributed by atoms with Gasteiger partial charge < -0.3 is 5.32 Å². The van der Waals surface area contributed by atoms with Gasteiger partial charge in [0.2, 0.25) is 5.91 Å². The molecule has 9 heteroatoms. The highest BCUT2D eigenvalue weighted by molar-refractivity contribution is 7.90. The lowest BCUT2D eigenvalue weighted by Crippen LogP contribution is -2.32. The molecule has 5 nitrogen and oxygen atoms in total. The van der Waals surface area contributed by atoms with Crippen molar-refractivity contribution in [2.45, 2.75) is 49.7 Å². The first-order chi connectivity index (χ1) is 14.3. The molecule has 0 fully saturated rings. The molecule has 0 saturated carbocycles. The van der Waals surface area contributed by atoms with Crippen LogP contribution in [0.3, 0.4) is 0 Å².